The first-order chi connectivity index (χ1) is 11.6. The van der Waals surface area contributed by atoms with Crippen LogP contribution in [0.2, 0.25) is 0 Å². The number of nitrogens with one attached hydrogen (secondary N) is 1. The second kappa shape index (κ2) is 6.06. The van der Waals surface area contributed by atoms with Gasteiger partial charge < -0.3 is 10.2 Å². The molecule has 0 radical (unpaired) electrons. The summed E-state index contributed by atoms with van der Waals surface area (Å²) < 4.78 is 1.98. The van der Waals surface area contributed by atoms with E-state index < -0.39 is 0 Å². The fourth-order valence-electron chi connectivity index (χ4n) is 2.75. The number of thiazole rings is 1. The number of para-hydroxylation sites is 1. The van der Waals surface area contributed by atoms with E-state index in [-0.39, 0.29) is 30.4 Å². The summed E-state index contributed by atoms with van der Waals surface area (Å²) in [5, 5.41) is 2.49. The van der Waals surface area contributed by atoms with Crippen molar-refractivity contribution in [1.82, 2.24) is 20.1 Å². The van der Waals surface area contributed by atoms with Crippen LogP contribution < -0.4 is 5.32 Å². The molecule has 3 heterocycles. The molecule has 4 amide bonds. The number of imide groups is 1. The molecule has 0 atom stereocenters. The number of fused-ring (bicyclic) bond motifs is 1. The second-order valence-corrected chi connectivity index (χ2v) is 7.86. The number of rotatable bonds is 4. The zero-order valence-corrected chi connectivity index (χ0v) is 14.2. The smallest absolute Gasteiger partial charge is 0.324 e. The number of nitrogens with zero attached hydrogens (tertiary/aromatic N) is 3. The van der Waals surface area contributed by atoms with Gasteiger partial charge in [-0.05, 0) is 12.1 Å². The number of carbonyl (C=O) groups is 3. The summed E-state index contributed by atoms with van der Waals surface area (Å²) >= 11 is 3.00. The lowest BCUT2D eigenvalue weighted by Crippen LogP contribution is -2.62. The van der Waals surface area contributed by atoms with Crippen LogP contribution >= 0.6 is 23.1 Å². The number of likely N-dealkylation sites (tertiary alicyclic amines) is 1. The van der Waals surface area contributed by atoms with Gasteiger partial charge in [-0.25, -0.2) is 9.78 Å². The van der Waals surface area contributed by atoms with Crippen molar-refractivity contribution in [3.63, 3.8) is 0 Å². The van der Waals surface area contributed by atoms with E-state index in [0.717, 1.165) is 14.6 Å². The molecule has 1 aromatic heterocycles. The summed E-state index contributed by atoms with van der Waals surface area (Å²) in [5.41, 5.74) is 0.944. The van der Waals surface area contributed by atoms with Gasteiger partial charge in [0.1, 0.15) is 0 Å². The van der Waals surface area contributed by atoms with E-state index in [4.69, 9.17) is 0 Å². The molecular formula is C15H14N4O3S2. The minimum Gasteiger partial charge on any atom is -0.338 e. The van der Waals surface area contributed by atoms with Crippen LogP contribution in [0.4, 0.5) is 4.79 Å². The van der Waals surface area contributed by atoms with Crippen molar-refractivity contribution in [3.05, 3.63) is 24.3 Å². The zero-order chi connectivity index (χ0) is 16.7. The van der Waals surface area contributed by atoms with Crippen LogP contribution in [-0.4, -0.2) is 64.1 Å². The first-order valence-electron chi connectivity index (χ1n) is 7.48. The lowest BCUT2D eigenvalue weighted by Gasteiger charge is -2.42. The quantitative estimate of drug-likeness (QED) is 0.652. The third kappa shape index (κ3) is 2.73. The van der Waals surface area contributed by atoms with Crippen LogP contribution in [0.25, 0.3) is 10.2 Å². The largest absolute Gasteiger partial charge is 0.338 e. The van der Waals surface area contributed by atoms with Crippen molar-refractivity contribution in [3.8, 4) is 0 Å². The van der Waals surface area contributed by atoms with E-state index in [9.17, 15) is 14.4 Å². The fraction of sp³-hybridized carbons (Fsp3) is 0.333. The molecule has 7 nitrogen and oxygen atoms in total. The van der Waals surface area contributed by atoms with Gasteiger partial charge in [0.2, 0.25) is 11.8 Å². The average Bonchev–Trinajstić information content (AvgIpc) is 3.09. The average molecular weight is 362 g/mol. The monoisotopic (exact) mass is 362 g/mol. The van der Waals surface area contributed by atoms with Crippen molar-refractivity contribution >= 4 is 51.2 Å². The minimum absolute atomic E-state index is 0.00237. The molecule has 0 bridgehead atoms. The summed E-state index contributed by atoms with van der Waals surface area (Å²) in [6.45, 7) is 0.882. The summed E-state index contributed by atoms with van der Waals surface area (Å²) in [7, 11) is 0. The number of carbonyl (C=O) groups excluding carboxylic acids is 3. The van der Waals surface area contributed by atoms with Gasteiger partial charge in [-0.2, -0.15) is 0 Å². The standard InChI is InChI=1S/C15H14N4O3S2/c20-12-5-16-14(22)19(12)9-6-18(7-9)13(21)8-23-15-17-10-3-1-2-4-11(10)24-15/h1-4,9H,5-8H2,(H,16,22). The molecule has 2 fully saturated rings. The Morgan fingerprint density at radius 3 is 2.83 bits per heavy atom. The molecule has 2 aliphatic rings. The number of urea groups is 1. The van der Waals surface area contributed by atoms with E-state index in [1.54, 1.807) is 16.2 Å². The number of hydrogen-bond donors (Lipinski definition) is 1. The third-order valence-electron chi connectivity index (χ3n) is 4.05. The van der Waals surface area contributed by atoms with Crippen molar-refractivity contribution in [1.29, 1.82) is 0 Å². The van der Waals surface area contributed by atoms with Gasteiger partial charge in [-0.3, -0.25) is 14.5 Å². The molecule has 0 saturated carbocycles. The highest BCUT2D eigenvalue weighted by atomic mass is 32.2. The molecule has 0 aliphatic carbocycles. The Bertz CT molecular complexity index is 782. The molecule has 2 saturated heterocycles. The van der Waals surface area contributed by atoms with Crippen molar-refractivity contribution in [2.45, 2.75) is 10.4 Å². The maximum Gasteiger partial charge on any atom is 0.324 e. The van der Waals surface area contributed by atoms with Gasteiger partial charge in [-0.15, -0.1) is 11.3 Å². The van der Waals surface area contributed by atoms with E-state index >= 15 is 0 Å². The topological polar surface area (TPSA) is 82.6 Å². The highest BCUT2D eigenvalue weighted by Crippen LogP contribution is 2.30. The summed E-state index contributed by atoms with van der Waals surface area (Å²) in [4.78, 5) is 42.8. The summed E-state index contributed by atoms with van der Waals surface area (Å²) in [6.07, 6.45) is 0. The third-order valence-corrected chi connectivity index (χ3v) is 6.22. The molecule has 1 aromatic carbocycles. The Morgan fingerprint density at radius 2 is 2.12 bits per heavy atom. The number of amides is 4. The lowest BCUT2D eigenvalue weighted by molar-refractivity contribution is -0.139. The second-order valence-electron chi connectivity index (χ2n) is 5.61. The first-order valence-corrected chi connectivity index (χ1v) is 9.28. The van der Waals surface area contributed by atoms with Crippen molar-refractivity contribution in [2.75, 3.05) is 25.4 Å². The highest BCUT2D eigenvalue weighted by molar-refractivity contribution is 8.01. The number of benzene rings is 1. The van der Waals surface area contributed by atoms with Crippen molar-refractivity contribution in [2.24, 2.45) is 0 Å². The van der Waals surface area contributed by atoms with Gasteiger partial charge in [-0.1, -0.05) is 23.9 Å². The predicted octanol–water partition coefficient (Wildman–Crippen LogP) is 1.15. The Labute approximate surface area is 146 Å². The zero-order valence-electron chi connectivity index (χ0n) is 12.6. The molecule has 2 aliphatic heterocycles. The van der Waals surface area contributed by atoms with Crippen LogP contribution in [0.15, 0.2) is 28.6 Å². The first kappa shape index (κ1) is 15.4. The van der Waals surface area contributed by atoms with Crippen LogP contribution in [0.1, 0.15) is 0 Å². The van der Waals surface area contributed by atoms with E-state index in [2.05, 4.69) is 10.3 Å². The molecule has 0 unspecified atom stereocenters. The number of aromatic nitrogens is 1. The van der Waals surface area contributed by atoms with Gasteiger partial charge in [0.05, 0.1) is 28.6 Å². The van der Waals surface area contributed by atoms with E-state index in [1.807, 2.05) is 24.3 Å². The van der Waals surface area contributed by atoms with E-state index in [0.29, 0.717) is 18.8 Å². The van der Waals surface area contributed by atoms with Crippen LogP contribution in [0, 0.1) is 0 Å². The Morgan fingerprint density at radius 1 is 1.33 bits per heavy atom. The molecule has 124 valence electrons. The van der Waals surface area contributed by atoms with Crippen LogP contribution in [0.5, 0.6) is 0 Å². The van der Waals surface area contributed by atoms with Gasteiger partial charge in [0, 0.05) is 13.1 Å². The SMILES string of the molecule is O=C(CSc1nc2ccccc2s1)N1CC(N2C(=O)CNC2=O)C1. The molecule has 2 aromatic rings. The molecule has 24 heavy (non-hydrogen) atoms. The maximum absolute atomic E-state index is 12.2. The molecular weight excluding hydrogens is 348 g/mol. The Balaban J connectivity index is 1.30. The molecule has 0 spiro atoms. The highest BCUT2D eigenvalue weighted by Gasteiger charge is 2.42. The molecule has 4 rings (SSSR count). The summed E-state index contributed by atoms with van der Waals surface area (Å²) in [6, 6.07) is 7.32. The maximum atomic E-state index is 12.2. The van der Waals surface area contributed by atoms with Gasteiger partial charge in [0.15, 0.2) is 4.34 Å². The minimum atomic E-state index is -0.360. The Hall–Kier alpha value is -2.13. The van der Waals surface area contributed by atoms with Crippen LogP contribution in [-0.2, 0) is 9.59 Å². The number of hydrogen-bond acceptors (Lipinski definition) is 6. The number of thioether (sulfide) groups is 1. The Kier molecular flexibility index (Phi) is 3.89. The fourth-order valence-corrected chi connectivity index (χ4v) is 4.73. The lowest BCUT2D eigenvalue weighted by atomic mass is 10.1. The van der Waals surface area contributed by atoms with Gasteiger partial charge >= 0.3 is 6.03 Å². The van der Waals surface area contributed by atoms with E-state index in [1.165, 1.54) is 16.7 Å². The molecule has 1 N–H and O–H groups in total. The van der Waals surface area contributed by atoms with Crippen LogP contribution in [0.3, 0.4) is 0 Å². The molecule has 9 heteroatoms. The predicted molar refractivity (Wildman–Crippen MR) is 91.0 cm³/mol. The van der Waals surface area contributed by atoms with Crippen molar-refractivity contribution < 1.29 is 14.4 Å². The van der Waals surface area contributed by atoms with Gasteiger partial charge in [0.25, 0.3) is 0 Å². The summed E-state index contributed by atoms with van der Waals surface area (Å²) in [5.74, 6) is 0.0932. The normalized spacial score (nSPS) is 18.2.